The van der Waals surface area contributed by atoms with E-state index in [-0.39, 0.29) is 0 Å². The summed E-state index contributed by atoms with van der Waals surface area (Å²) in [5.41, 5.74) is 13.5. The zero-order chi connectivity index (χ0) is 33.3. The van der Waals surface area contributed by atoms with Gasteiger partial charge >= 0.3 is 0 Å². The van der Waals surface area contributed by atoms with Gasteiger partial charge in [0.25, 0.3) is 0 Å². The lowest BCUT2D eigenvalue weighted by Crippen LogP contribution is -1.96. The molecule has 0 amide bonds. The lowest BCUT2D eigenvalue weighted by atomic mass is 9.93. The van der Waals surface area contributed by atoms with Gasteiger partial charge in [-0.25, -0.2) is 19.9 Å². The first-order valence-corrected chi connectivity index (χ1v) is 16.7. The summed E-state index contributed by atoms with van der Waals surface area (Å²) in [7, 11) is 0. The number of hydrogen-bond acceptors (Lipinski definition) is 4. The summed E-state index contributed by atoms with van der Waals surface area (Å²) in [6, 6.07) is 62.8. The van der Waals surface area contributed by atoms with Crippen LogP contribution in [-0.2, 0) is 0 Å². The summed E-state index contributed by atoms with van der Waals surface area (Å²) in [6.45, 7) is 0. The molecule has 4 aromatic heterocycles. The third-order valence-corrected chi connectivity index (χ3v) is 9.07. The number of hydrogen-bond donors (Lipinski definition) is 0. The topological polar surface area (TPSA) is 51.6 Å². The summed E-state index contributed by atoms with van der Waals surface area (Å²) in [6.07, 6.45) is 0. The fraction of sp³-hybridized carbons (Fsp3) is 0. The first-order chi connectivity index (χ1) is 24.8. The van der Waals surface area contributed by atoms with Gasteiger partial charge in [0.1, 0.15) is 0 Å². The predicted octanol–water partition coefficient (Wildman–Crippen LogP) is 11.6. The van der Waals surface area contributed by atoms with E-state index in [2.05, 4.69) is 133 Å². The van der Waals surface area contributed by atoms with Crippen molar-refractivity contribution in [3.05, 3.63) is 182 Å². The fourth-order valence-corrected chi connectivity index (χ4v) is 6.57. The van der Waals surface area contributed by atoms with Crippen molar-refractivity contribution in [3.8, 4) is 67.3 Å². The second-order valence-corrected chi connectivity index (χ2v) is 12.3. The molecule has 4 heteroatoms. The van der Waals surface area contributed by atoms with Gasteiger partial charge in [0, 0.05) is 44.2 Å². The summed E-state index contributed by atoms with van der Waals surface area (Å²) >= 11 is 0. The van der Waals surface area contributed by atoms with Crippen LogP contribution < -0.4 is 0 Å². The Balaban J connectivity index is 1.21. The van der Waals surface area contributed by atoms with E-state index in [9.17, 15) is 0 Å². The average molecular weight is 639 g/mol. The first-order valence-electron chi connectivity index (χ1n) is 16.7. The molecule has 0 saturated heterocycles. The van der Waals surface area contributed by atoms with Crippen molar-refractivity contribution in [1.82, 2.24) is 19.9 Å². The highest BCUT2D eigenvalue weighted by atomic mass is 14.9. The third kappa shape index (κ3) is 5.59. The highest BCUT2D eigenvalue weighted by Crippen LogP contribution is 2.38. The minimum Gasteiger partial charge on any atom is -0.228 e. The van der Waals surface area contributed by atoms with E-state index in [1.807, 2.05) is 48.5 Å². The van der Waals surface area contributed by atoms with Crippen molar-refractivity contribution in [2.75, 3.05) is 0 Å². The van der Waals surface area contributed by atoms with Gasteiger partial charge in [-0.3, -0.25) is 0 Å². The molecule has 0 unspecified atom stereocenters. The number of benzene rings is 5. The Kier molecular flexibility index (Phi) is 7.45. The molecule has 0 saturated carbocycles. The Labute approximate surface area is 290 Å². The SMILES string of the molecule is c1ccc(-c2ccc3cc(-c4cccc(-c5cc6ccc(-c7ccccc7)nc6nc5-c5ccccc5)c4)c(-c4ccccc4)nc3n2)cc1. The zero-order valence-corrected chi connectivity index (χ0v) is 27.1. The molecule has 0 N–H and O–H groups in total. The van der Waals surface area contributed by atoms with E-state index in [0.717, 1.165) is 89.4 Å². The van der Waals surface area contributed by atoms with Crippen molar-refractivity contribution >= 4 is 22.1 Å². The molecule has 0 aliphatic rings. The second kappa shape index (κ2) is 12.7. The lowest BCUT2D eigenvalue weighted by Gasteiger charge is -2.15. The maximum atomic E-state index is 5.22. The van der Waals surface area contributed by atoms with Gasteiger partial charge in [0.15, 0.2) is 11.3 Å². The standard InChI is InChI=1S/C46H30N4/c1-5-14-31(15-6-1)41-26-24-37-29-39(43(49-45(37)47-41)33-18-9-3-10-19-33)35-22-13-23-36(28-35)40-30-38-25-27-42(32-16-7-2-8-17-32)48-46(38)50-44(40)34-20-11-4-12-21-34/h1-30H. The third-order valence-electron chi connectivity index (χ3n) is 9.07. The molecule has 0 radical (unpaired) electrons. The van der Waals surface area contributed by atoms with Crippen LogP contribution in [0.4, 0.5) is 0 Å². The van der Waals surface area contributed by atoms with Gasteiger partial charge in [-0.05, 0) is 53.6 Å². The van der Waals surface area contributed by atoms with Crippen molar-refractivity contribution in [1.29, 1.82) is 0 Å². The molecule has 0 bridgehead atoms. The normalized spacial score (nSPS) is 11.2. The zero-order valence-electron chi connectivity index (χ0n) is 27.1. The number of aromatic nitrogens is 4. The Bertz CT molecular complexity index is 2440. The molecule has 0 atom stereocenters. The maximum absolute atomic E-state index is 5.22. The van der Waals surface area contributed by atoms with E-state index >= 15 is 0 Å². The van der Waals surface area contributed by atoms with E-state index in [1.54, 1.807) is 0 Å². The van der Waals surface area contributed by atoms with Crippen molar-refractivity contribution in [3.63, 3.8) is 0 Å². The smallest absolute Gasteiger partial charge is 0.160 e. The van der Waals surface area contributed by atoms with E-state index in [4.69, 9.17) is 19.9 Å². The van der Waals surface area contributed by atoms with Gasteiger partial charge < -0.3 is 0 Å². The minimum atomic E-state index is 0.720. The van der Waals surface area contributed by atoms with E-state index < -0.39 is 0 Å². The monoisotopic (exact) mass is 638 g/mol. The molecule has 5 aromatic carbocycles. The number of rotatable bonds is 6. The Morgan fingerprint density at radius 1 is 0.260 bits per heavy atom. The van der Waals surface area contributed by atoms with Crippen LogP contribution in [0.3, 0.4) is 0 Å². The molecule has 9 rings (SSSR count). The van der Waals surface area contributed by atoms with Crippen molar-refractivity contribution in [2.45, 2.75) is 0 Å². The molecular weight excluding hydrogens is 609 g/mol. The molecule has 4 heterocycles. The summed E-state index contributed by atoms with van der Waals surface area (Å²) in [5.74, 6) is 0. The van der Waals surface area contributed by atoms with Gasteiger partial charge in [-0.15, -0.1) is 0 Å². The Hall–Kier alpha value is -6.78. The van der Waals surface area contributed by atoms with E-state index in [0.29, 0.717) is 0 Å². The largest absolute Gasteiger partial charge is 0.228 e. The van der Waals surface area contributed by atoms with Crippen molar-refractivity contribution < 1.29 is 0 Å². The Morgan fingerprint density at radius 3 is 1.02 bits per heavy atom. The molecule has 0 spiro atoms. The molecular formula is C46H30N4. The highest BCUT2D eigenvalue weighted by Gasteiger charge is 2.17. The van der Waals surface area contributed by atoms with Crippen LogP contribution in [0, 0.1) is 0 Å². The van der Waals surface area contributed by atoms with Gasteiger partial charge in [-0.2, -0.15) is 0 Å². The van der Waals surface area contributed by atoms with Crippen LogP contribution in [0.5, 0.6) is 0 Å². The van der Waals surface area contributed by atoms with E-state index in [1.165, 1.54) is 0 Å². The van der Waals surface area contributed by atoms with Crippen LogP contribution in [0.25, 0.3) is 89.4 Å². The van der Waals surface area contributed by atoms with Crippen LogP contribution >= 0.6 is 0 Å². The minimum absolute atomic E-state index is 0.720. The quantitative estimate of drug-likeness (QED) is 0.182. The molecule has 0 fully saturated rings. The predicted molar refractivity (Wildman–Crippen MR) is 205 cm³/mol. The van der Waals surface area contributed by atoms with Gasteiger partial charge in [-0.1, -0.05) is 140 Å². The van der Waals surface area contributed by atoms with Crippen LogP contribution in [-0.4, -0.2) is 19.9 Å². The second-order valence-electron chi connectivity index (χ2n) is 12.3. The fourth-order valence-electron chi connectivity index (χ4n) is 6.57. The van der Waals surface area contributed by atoms with Crippen LogP contribution in [0.1, 0.15) is 0 Å². The molecule has 9 aromatic rings. The maximum Gasteiger partial charge on any atom is 0.160 e. The summed E-state index contributed by atoms with van der Waals surface area (Å²) in [5, 5.41) is 1.98. The molecule has 234 valence electrons. The molecule has 4 nitrogen and oxygen atoms in total. The van der Waals surface area contributed by atoms with Gasteiger partial charge in [0.05, 0.1) is 22.8 Å². The first kappa shape index (κ1) is 29.4. The number of fused-ring (bicyclic) bond motifs is 2. The van der Waals surface area contributed by atoms with Crippen LogP contribution in [0.2, 0.25) is 0 Å². The summed E-state index contributed by atoms with van der Waals surface area (Å²) in [4.78, 5) is 20.4. The lowest BCUT2D eigenvalue weighted by molar-refractivity contribution is 1.28. The number of pyridine rings is 4. The highest BCUT2D eigenvalue weighted by molar-refractivity contribution is 5.95. The van der Waals surface area contributed by atoms with Crippen molar-refractivity contribution in [2.24, 2.45) is 0 Å². The number of nitrogens with zero attached hydrogens (tertiary/aromatic N) is 4. The molecule has 50 heavy (non-hydrogen) atoms. The molecule has 0 aliphatic heterocycles. The molecule has 0 aliphatic carbocycles. The summed E-state index contributed by atoms with van der Waals surface area (Å²) < 4.78 is 0. The average Bonchev–Trinajstić information content (AvgIpc) is 3.21. The Morgan fingerprint density at radius 2 is 0.620 bits per heavy atom. The van der Waals surface area contributed by atoms with Gasteiger partial charge in [0.2, 0.25) is 0 Å². The van der Waals surface area contributed by atoms with Crippen LogP contribution in [0.15, 0.2) is 182 Å².